The number of hydrogen-bond donors (Lipinski definition) is 3. The number of hydrogen-bond acceptors (Lipinski definition) is 3. The fourth-order valence-corrected chi connectivity index (χ4v) is 2.44. The predicted octanol–water partition coefficient (Wildman–Crippen LogP) is 1.83. The summed E-state index contributed by atoms with van der Waals surface area (Å²) in [5.41, 5.74) is 5.96. The van der Waals surface area contributed by atoms with Crippen molar-refractivity contribution < 1.29 is 14.3 Å². The summed E-state index contributed by atoms with van der Waals surface area (Å²) in [6.45, 7) is 0.965. The second-order valence-corrected chi connectivity index (χ2v) is 4.67. The Bertz CT molecular complexity index is 524. The molecule has 1 aromatic carbocycles. The molecule has 1 aliphatic heterocycles. The lowest BCUT2D eigenvalue weighted by Gasteiger charge is -2.33. The van der Waals surface area contributed by atoms with Crippen LogP contribution >= 0.6 is 12.4 Å². The first-order chi connectivity index (χ1) is 9.00. The van der Waals surface area contributed by atoms with Gasteiger partial charge >= 0.3 is 5.97 Å². The van der Waals surface area contributed by atoms with Crippen LogP contribution in [0.3, 0.4) is 0 Å². The van der Waals surface area contributed by atoms with Crippen molar-refractivity contribution in [2.75, 3.05) is 18.0 Å². The highest BCUT2D eigenvalue weighted by Gasteiger charge is 2.27. The molecular weight excluding hydrogens is 285 g/mol. The summed E-state index contributed by atoms with van der Waals surface area (Å²) in [5.74, 6) is -2.20. The summed E-state index contributed by atoms with van der Waals surface area (Å²) in [6, 6.07) is 4.46. The quantitative estimate of drug-likeness (QED) is 0.587. The van der Waals surface area contributed by atoms with Gasteiger partial charge in [0.25, 0.3) is 0 Å². The van der Waals surface area contributed by atoms with Gasteiger partial charge in [-0.05, 0) is 25.0 Å². The molecular formula is C13H17ClFN3O2. The minimum absolute atomic E-state index is 0. The lowest BCUT2D eigenvalue weighted by molar-refractivity contribution is -0.141. The number of carbonyl (C=O) groups is 1. The number of nitrogen functional groups attached to an aromatic ring is 1. The molecule has 7 heteroatoms. The topological polar surface area (TPSA) is 90.4 Å². The summed E-state index contributed by atoms with van der Waals surface area (Å²) >= 11 is 0. The van der Waals surface area contributed by atoms with E-state index in [2.05, 4.69) is 0 Å². The van der Waals surface area contributed by atoms with Gasteiger partial charge in [-0.25, -0.2) is 4.39 Å². The SMILES string of the molecule is Cl.N=C(N)c1c(F)cccc1N1CCCC(C(=O)O)C1. The van der Waals surface area contributed by atoms with Crippen LogP contribution < -0.4 is 10.6 Å². The van der Waals surface area contributed by atoms with E-state index in [1.54, 1.807) is 17.0 Å². The maximum atomic E-state index is 13.7. The van der Waals surface area contributed by atoms with Gasteiger partial charge in [-0.3, -0.25) is 10.2 Å². The Balaban J connectivity index is 0.00000200. The van der Waals surface area contributed by atoms with Gasteiger partial charge in [0.2, 0.25) is 0 Å². The molecule has 1 fully saturated rings. The second kappa shape index (κ2) is 6.56. The van der Waals surface area contributed by atoms with Crippen LogP contribution in [0.1, 0.15) is 18.4 Å². The Morgan fingerprint density at radius 2 is 2.20 bits per heavy atom. The van der Waals surface area contributed by atoms with E-state index in [4.69, 9.17) is 16.2 Å². The summed E-state index contributed by atoms with van der Waals surface area (Å²) < 4.78 is 13.7. The summed E-state index contributed by atoms with van der Waals surface area (Å²) in [7, 11) is 0. The van der Waals surface area contributed by atoms with Crippen molar-refractivity contribution in [3.8, 4) is 0 Å². The van der Waals surface area contributed by atoms with Gasteiger partial charge in [0, 0.05) is 13.1 Å². The number of carboxylic acid groups (broad SMARTS) is 1. The van der Waals surface area contributed by atoms with E-state index >= 15 is 0 Å². The van der Waals surface area contributed by atoms with Crippen LogP contribution in [0.5, 0.6) is 0 Å². The third kappa shape index (κ3) is 3.19. The first kappa shape index (κ1) is 16.2. The van der Waals surface area contributed by atoms with E-state index in [0.717, 1.165) is 6.42 Å². The van der Waals surface area contributed by atoms with E-state index in [-0.39, 0.29) is 23.8 Å². The third-order valence-corrected chi connectivity index (χ3v) is 3.37. The molecule has 1 heterocycles. The number of nitrogens with one attached hydrogen (secondary N) is 1. The van der Waals surface area contributed by atoms with Crippen LogP contribution in [0.4, 0.5) is 10.1 Å². The molecule has 20 heavy (non-hydrogen) atoms. The maximum Gasteiger partial charge on any atom is 0.308 e. The molecule has 0 saturated carbocycles. The number of anilines is 1. The highest BCUT2D eigenvalue weighted by atomic mass is 35.5. The second-order valence-electron chi connectivity index (χ2n) is 4.67. The number of aliphatic carboxylic acids is 1. The fraction of sp³-hybridized carbons (Fsp3) is 0.385. The molecule has 0 spiro atoms. The summed E-state index contributed by atoms with van der Waals surface area (Å²) in [5, 5.41) is 16.5. The highest BCUT2D eigenvalue weighted by molar-refractivity contribution is 6.00. The Hall–Kier alpha value is -1.82. The van der Waals surface area contributed by atoms with Gasteiger partial charge in [-0.15, -0.1) is 12.4 Å². The molecule has 0 amide bonds. The van der Waals surface area contributed by atoms with Gasteiger partial charge in [0.15, 0.2) is 0 Å². The van der Waals surface area contributed by atoms with Crippen molar-refractivity contribution in [1.82, 2.24) is 0 Å². The van der Waals surface area contributed by atoms with Crippen molar-refractivity contribution in [3.63, 3.8) is 0 Å². The Morgan fingerprint density at radius 3 is 2.80 bits per heavy atom. The van der Waals surface area contributed by atoms with Crippen LogP contribution in [-0.4, -0.2) is 30.0 Å². The zero-order chi connectivity index (χ0) is 14.0. The largest absolute Gasteiger partial charge is 0.481 e. The Labute approximate surface area is 122 Å². The molecule has 110 valence electrons. The molecule has 1 saturated heterocycles. The molecule has 1 unspecified atom stereocenters. The Kier molecular flexibility index (Phi) is 5.33. The molecule has 5 nitrogen and oxygen atoms in total. The Morgan fingerprint density at radius 1 is 1.50 bits per heavy atom. The molecule has 4 N–H and O–H groups in total. The van der Waals surface area contributed by atoms with Crippen molar-refractivity contribution in [2.45, 2.75) is 12.8 Å². The smallest absolute Gasteiger partial charge is 0.308 e. The van der Waals surface area contributed by atoms with E-state index in [0.29, 0.717) is 25.2 Å². The molecule has 1 aromatic rings. The van der Waals surface area contributed by atoms with E-state index < -0.39 is 17.7 Å². The molecule has 0 aromatic heterocycles. The van der Waals surface area contributed by atoms with E-state index in [9.17, 15) is 9.18 Å². The van der Waals surface area contributed by atoms with Crippen molar-refractivity contribution in [2.24, 2.45) is 11.7 Å². The molecule has 0 radical (unpaired) electrons. The molecule has 1 aliphatic rings. The average Bonchev–Trinajstić information content (AvgIpc) is 2.38. The van der Waals surface area contributed by atoms with Gasteiger partial charge in [0.05, 0.1) is 17.2 Å². The van der Waals surface area contributed by atoms with Crippen LogP contribution in [0.15, 0.2) is 18.2 Å². The van der Waals surface area contributed by atoms with E-state index in [1.165, 1.54) is 6.07 Å². The normalized spacial score (nSPS) is 18.2. The van der Waals surface area contributed by atoms with Crippen LogP contribution in [0.25, 0.3) is 0 Å². The number of benzene rings is 1. The first-order valence-electron chi connectivity index (χ1n) is 6.11. The summed E-state index contributed by atoms with van der Waals surface area (Å²) in [6.07, 6.45) is 1.35. The number of rotatable bonds is 3. The molecule has 1 atom stereocenters. The fourth-order valence-electron chi connectivity index (χ4n) is 2.44. The minimum atomic E-state index is -0.842. The van der Waals surface area contributed by atoms with Gasteiger partial charge < -0.3 is 15.7 Å². The number of nitrogens with two attached hydrogens (primary N) is 1. The van der Waals surface area contributed by atoms with Crippen LogP contribution in [-0.2, 0) is 4.79 Å². The first-order valence-corrected chi connectivity index (χ1v) is 6.11. The predicted molar refractivity (Wildman–Crippen MR) is 77.2 cm³/mol. The third-order valence-electron chi connectivity index (χ3n) is 3.37. The molecule has 0 aliphatic carbocycles. The average molecular weight is 302 g/mol. The minimum Gasteiger partial charge on any atom is -0.481 e. The van der Waals surface area contributed by atoms with Crippen LogP contribution in [0.2, 0.25) is 0 Å². The van der Waals surface area contributed by atoms with Crippen molar-refractivity contribution in [3.05, 3.63) is 29.6 Å². The molecule has 2 rings (SSSR count). The molecule has 0 bridgehead atoms. The number of nitrogens with zero attached hydrogens (tertiary/aromatic N) is 1. The van der Waals surface area contributed by atoms with Crippen LogP contribution in [0, 0.1) is 17.1 Å². The number of amidine groups is 1. The van der Waals surface area contributed by atoms with Crippen molar-refractivity contribution >= 4 is 29.9 Å². The zero-order valence-electron chi connectivity index (χ0n) is 10.8. The highest BCUT2D eigenvalue weighted by Crippen LogP contribution is 2.27. The standard InChI is InChI=1S/C13H16FN3O2.ClH/c14-9-4-1-5-10(11(9)12(15)16)17-6-2-3-8(7-17)13(18)19;/h1,4-5,8H,2-3,6-7H2,(H3,15,16)(H,18,19);1H. The maximum absolute atomic E-state index is 13.7. The van der Waals surface area contributed by atoms with Gasteiger partial charge in [0.1, 0.15) is 11.7 Å². The zero-order valence-corrected chi connectivity index (χ0v) is 11.6. The summed E-state index contributed by atoms with van der Waals surface area (Å²) in [4.78, 5) is 12.8. The number of carboxylic acids is 1. The lowest BCUT2D eigenvalue weighted by atomic mass is 9.97. The van der Waals surface area contributed by atoms with Crippen molar-refractivity contribution in [1.29, 1.82) is 5.41 Å². The monoisotopic (exact) mass is 301 g/mol. The van der Waals surface area contributed by atoms with Gasteiger partial charge in [-0.2, -0.15) is 0 Å². The lowest BCUT2D eigenvalue weighted by Crippen LogP contribution is -2.39. The number of piperidine rings is 1. The number of halogens is 2. The van der Waals surface area contributed by atoms with Gasteiger partial charge in [-0.1, -0.05) is 6.07 Å². The van der Waals surface area contributed by atoms with E-state index in [1.807, 2.05) is 0 Å².